The third kappa shape index (κ3) is 8.16. The average molecular weight is 1020 g/mol. The third-order valence-electron chi connectivity index (χ3n) is 14.8. The average Bonchev–Trinajstić information content (AvgIpc) is 4.27. The van der Waals surface area contributed by atoms with Crippen LogP contribution in [0.25, 0.3) is 146 Å². The summed E-state index contributed by atoms with van der Waals surface area (Å²) in [6.07, 6.45) is 0. The first kappa shape index (κ1) is 46.3. The van der Waals surface area contributed by atoms with Gasteiger partial charge >= 0.3 is 0 Å². The van der Waals surface area contributed by atoms with Crippen LogP contribution in [0, 0.1) is 0 Å². The SMILES string of the molecule is c1ccc(-c2cccc(-c3ccc4c5ccccc5n(-c5cc(-c6nc(-c7ccccc7)nc(-c7ccccc7)n6)cc(-c6nc(-c7ccccc7)nc(-c7ccccc7)n6)c5-n5c6ccccc6c6ccccc65)c4c3)n2)cc1. The van der Waals surface area contributed by atoms with Crippen LogP contribution < -0.4 is 0 Å². The predicted molar refractivity (Wildman–Crippen MR) is 323 cm³/mol. The minimum absolute atomic E-state index is 0.474. The van der Waals surface area contributed by atoms with E-state index in [1.54, 1.807) is 0 Å². The van der Waals surface area contributed by atoms with E-state index in [1.165, 1.54) is 0 Å². The minimum atomic E-state index is 0.474. The van der Waals surface area contributed by atoms with E-state index in [9.17, 15) is 0 Å². The maximum Gasteiger partial charge on any atom is 0.166 e. The zero-order chi connectivity index (χ0) is 52.9. The van der Waals surface area contributed by atoms with E-state index in [4.69, 9.17) is 34.9 Å². The normalized spacial score (nSPS) is 11.5. The largest absolute Gasteiger partial charge is 0.307 e. The second-order valence-electron chi connectivity index (χ2n) is 19.7. The molecule has 10 aromatic carbocycles. The van der Waals surface area contributed by atoms with Crippen molar-refractivity contribution in [1.29, 1.82) is 0 Å². The predicted octanol–water partition coefficient (Wildman–Crippen LogP) is 17.0. The number of rotatable bonds is 10. The highest BCUT2D eigenvalue weighted by Gasteiger charge is 2.28. The fourth-order valence-electron chi connectivity index (χ4n) is 11.1. The van der Waals surface area contributed by atoms with Crippen LogP contribution in [0.1, 0.15) is 0 Å². The second kappa shape index (κ2) is 19.5. The lowest BCUT2D eigenvalue weighted by Gasteiger charge is -2.22. The molecular weight excluding hydrogens is 979 g/mol. The number of aromatic nitrogens is 9. The lowest BCUT2D eigenvalue weighted by Crippen LogP contribution is -2.09. The van der Waals surface area contributed by atoms with Crippen molar-refractivity contribution in [3.63, 3.8) is 0 Å². The maximum atomic E-state index is 5.52. The lowest BCUT2D eigenvalue weighted by atomic mass is 10.0. The molecule has 0 saturated carbocycles. The van der Waals surface area contributed by atoms with Crippen LogP contribution >= 0.6 is 0 Å². The molecule has 15 aromatic rings. The topological polar surface area (TPSA) is 100 Å². The van der Waals surface area contributed by atoms with Gasteiger partial charge in [0, 0.05) is 66.1 Å². The maximum absolute atomic E-state index is 5.52. The van der Waals surface area contributed by atoms with Crippen molar-refractivity contribution in [1.82, 2.24) is 44.0 Å². The Labute approximate surface area is 460 Å². The van der Waals surface area contributed by atoms with Crippen LogP contribution in [0.15, 0.2) is 273 Å². The molecule has 9 nitrogen and oxygen atoms in total. The fraction of sp³-hybridized carbons (Fsp3) is 0. The van der Waals surface area contributed by atoms with Crippen molar-refractivity contribution in [3.8, 4) is 102 Å². The highest BCUT2D eigenvalue weighted by molar-refractivity contribution is 6.13. The molecule has 0 aliphatic heterocycles. The van der Waals surface area contributed by atoms with Gasteiger partial charge in [-0.05, 0) is 48.5 Å². The molecule has 0 bridgehead atoms. The summed E-state index contributed by atoms with van der Waals surface area (Å²) in [5.41, 5.74) is 14.5. The molecule has 80 heavy (non-hydrogen) atoms. The molecule has 0 N–H and O–H groups in total. The Kier molecular flexibility index (Phi) is 11.3. The lowest BCUT2D eigenvalue weighted by molar-refractivity contribution is 1.04. The van der Waals surface area contributed by atoms with Gasteiger partial charge in [0.25, 0.3) is 0 Å². The summed E-state index contributed by atoms with van der Waals surface area (Å²) in [4.78, 5) is 37.5. The number of para-hydroxylation sites is 3. The summed E-state index contributed by atoms with van der Waals surface area (Å²) >= 11 is 0. The first-order valence-electron chi connectivity index (χ1n) is 26.6. The summed E-state index contributed by atoms with van der Waals surface area (Å²) in [6, 6.07) is 94.1. The standard InChI is InChI=1S/C71H45N9/c1-6-23-46(24-7-1)58-36-22-37-59(72-58)51-41-42-56-55-35-16-19-38-60(55)79(63(56)44-51)64-45-52(70-75-66(47-25-8-2-9-26-47)73-67(76-70)48-27-10-3-11-28-48)43-57(65(64)80-61-39-20-17-33-53(61)54-34-18-21-40-62(54)80)71-77-68(49-29-12-4-13-30-49)74-69(78-71)50-31-14-5-15-32-50/h1-45H. The highest BCUT2D eigenvalue weighted by atomic mass is 15.1. The van der Waals surface area contributed by atoms with Gasteiger partial charge in [-0.1, -0.05) is 224 Å². The molecule has 15 rings (SSSR count). The van der Waals surface area contributed by atoms with Crippen LogP contribution in [0.4, 0.5) is 0 Å². The summed E-state index contributed by atoms with van der Waals surface area (Å²) in [5, 5.41) is 4.40. The number of nitrogens with zero attached hydrogens (tertiary/aromatic N) is 9. The molecule has 5 aromatic heterocycles. The summed E-state index contributed by atoms with van der Waals surface area (Å²) in [7, 11) is 0. The van der Waals surface area contributed by atoms with Crippen molar-refractivity contribution in [2.24, 2.45) is 0 Å². The Morgan fingerprint density at radius 1 is 0.212 bits per heavy atom. The van der Waals surface area contributed by atoms with Crippen molar-refractivity contribution >= 4 is 43.6 Å². The van der Waals surface area contributed by atoms with Crippen LogP contribution in [0.3, 0.4) is 0 Å². The summed E-state index contributed by atoms with van der Waals surface area (Å²) in [5.74, 6) is 3.14. The van der Waals surface area contributed by atoms with Gasteiger partial charge in [0.1, 0.15) is 0 Å². The van der Waals surface area contributed by atoms with E-state index in [0.717, 1.165) is 111 Å². The Morgan fingerprint density at radius 3 is 1.04 bits per heavy atom. The molecule has 0 fully saturated rings. The zero-order valence-electron chi connectivity index (χ0n) is 43.0. The number of fused-ring (bicyclic) bond motifs is 6. The van der Waals surface area contributed by atoms with Crippen LogP contribution in [0.2, 0.25) is 0 Å². The first-order valence-corrected chi connectivity index (χ1v) is 26.6. The molecule has 374 valence electrons. The second-order valence-corrected chi connectivity index (χ2v) is 19.7. The highest BCUT2D eigenvalue weighted by Crippen LogP contribution is 2.45. The Bertz CT molecular complexity index is 4640. The van der Waals surface area contributed by atoms with Crippen molar-refractivity contribution in [3.05, 3.63) is 273 Å². The van der Waals surface area contributed by atoms with Gasteiger partial charge in [0.2, 0.25) is 0 Å². The molecule has 0 aliphatic rings. The van der Waals surface area contributed by atoms with Gasteiger partial charge in [-0.3, -0.25) is 0 Å². The van der Waals surface area contributed by atoms with Gasteiger partial charge in [0.05, 0.1) is 44.8 Å². The first-order chi connectivity index (χ1) is 39.7. The minimum Gasteiger partial charge on any atom is -0.307 e. The molecule has 9 heteroatoms. The molecular formula is C71H45N9. The van der Waals surface area contributed by atoms with Crippen LogP contribution in [-0.4, -0.2) is 44.0 Å². The number of hydrogen-bond donors (Lipinski definition) is 0. The molecule has 0 radical (unpaired) electrons. The van der Waals surface area contributed by atoms with E-state index in [1.807, 2.05) is 127 Å². The van der Waals surface area contributed by atoms with Gasteiger partial charge in [0.15, 0.2) is 34.9 Å². The fourth-order valence-corrected chi connectivity index (χ4v) is 11.1. The molecule has 0 amide bonds. The number of pyridine rings is 1. The monoisotopic (exact) mass is 1020 g/mol. The molecule has 0 saturated heterocycles. The van der Waals surface area contributed by atoms with Crippen molar-refractivity contribution in [2.75, 3.05) is 0 Å². The van der Waals surface area contributed by atoms with Crippen LogP contribution in [0.5, 0.6) is 0 Å². The molecule has 5 heterocycles. The quantitative estimate of drug-likeness (QED) is 0.134. The van der Waals surface area contributed by atoms with Gasteiger partial charge in [-0.25, -0.2) is 34.9 Å². The van der Waals surface area contributed by atoms with Gasteiger partial charge < -0.3 is 9.13 Å². The summed E-state index contributed by atoms with van der Waals surface area (Å²) < 4.78 is 4.79. The van der Waals surface area contributed by atoms with Crippen molar-refractivity contribution in [2.45, 2.75) is 0 Å². The number of benzene rings is 10. The van der Waals surface area contributed by atoms with Gasteiger partial charge in [-0.2, -0.15) is 0 Å². The van der Waals surface area contributed by atoms with Crippen LogP contribution in [-0.2, 0) is 0 Å². The Balaban J connectivity index is 1.12. The van der Waals surface area contributed by atoms with E-state index in [2.05, 4.69) is 155 Å². The van der Waals surface area contributed by atoms with E-state index < -0.39 is 0 Å². The van der Waals surface area contributed by atoms with Crippen molar-refractivity contribution < 1.29 is 0 Å². The molecule has 0 spiro atoms. The Hall–Kier alpha value is -11.0. The van der Waals surface area contributed by atoms with E-state index in [-0.39, 0.29) is 0 Å². The zero-order valence-corrected chi connectivity index (χ0v) is 43.0. The number of hydrogen-bond acceptors (Lipinski definition) is 7. The van der Waals surface area contributed by atoms with E-state index in [0.29, 0.717) is 34.9 Å². The Morgan fingerprint density at radius 2 is 0.575 bits per heavy atom. The van der Waals surface area contributed by atoms with Gasteiger partial charge in [-0.15, -0.1) is 0 Å². The molecule has 0 atom stereocenters. The summed E-state index contributed by atoms with van der Waals surface area (Å²) in [6.45, 7) is 0. The smallest absolute Gasteiger partial charge is 0.166 e. The molecule has 0 unspecified atom stereocenters. The molecule has 0 aliphatic carbocycles. The van der Waals surface area contributed by atoms with E-state index >= 15 is 0 Å². The third-order valence-corrected chi connectivity index (χ3v) is 14.8.